The SMILES string of the molecule is CCC(O)CN(Cc1c(-c2ccccc2)nn(C)c1Oc1ccc(OC)cc1)CC(C)C. The van der Waals surface area contributed by atoms with Gasteiger partial charge in [-0.1, -0.05) is 51.1 Å². The predicted molar refractivity (Wildman–Crippen MR) is 128 cm³/mol. The Morgan fingerprint density at radius 2 is 1.66 bits per heavy atom. The fraction of sp³-hybridized carbons (Fsp3) is 0.423. The van der Waals surface area contributed by atoms with Crippen molar-refractivity contribution in [3.8, 4) is 28.6 Å². The van der Waals surface area contributed by atoms with E-state index in [1.807, 2.05) is 56.4 Å². The number of hydrogen-bond acceptors (Lipinski definition) is 5. The van der Waals surface area contributed by atoms with Gasteiger partial charge in [0.25, 0.3) is 0 Å². The molecular formula is C26H35N3O3. The highest BCUT2D eigenvalue weighted by molar-refractivity contribution is 5.65. The second-order valence-corrected chi connectivity index (χ2v) is 8.55. The van der Waals surface area contributed by atoms with E-state index in [0.29, 0.717) is 24.9 Å². The van der Waals surface area contributed by atoms with Crippen molar-refractivity contribution in [2.45, 2.75) is 39.8 Å². The quantitative estimate of drug-likeness (QED) is 0.451. The zero-order valence-corrected chi connectivity index (χ0v) is 19.8. The third kappa shape index (κ3) is 6.11. The van der Waals surface area contributed by atoms with Crippen LogP contribution in [0, 0.1) is 5.92 Å². The van der Waals surface area contributed by atoms with Crippen LogP contribution in [0.2, 0.25) is 0 Å². The largest absolute Gasteiger partial charge is 0.497 e. The molecule has 1 N–H and O–H groups in total. The number of ether oxygens (including phenoxy) is 2. The van der Waals surface area contributed by atoms with Crippen molar-refractivity contribution in [3.63, 3.8) is 0 Å². The topological polar surface area (TPSA) is 59.8 Å². The molecule has 0 saturated heterocycles. The average Bonchev–Trinajstić information content (AvgIpc) is 3.09. The predicted octanol–water partition coefficient (Wildman–Crippen LogP) is 5.12. The fourth-order valence-electron chi connectivity index (χ4n) is 3.78. The van der Waals surface area contributed by atoms with E-state index in [1.54, 1.807) is 11.8 Å². The summed E-state index contributed by atoms with van der Waals surface area (Å²) in [4.78, 5) is 2.29. The molecule has 172 valence electrons. The van der Waals surface area contributed by atoms with Gasteiger partial charge in [0.15, 0.2) is 0 Å². The number of aliphatic hydroxyl groups is 1. The molecular weight excluding hydrogens is 402 g/mol. The lowest BCUT2D eigenvalue weighted by molar-refractivity contribution is 0.0982. The van der Waals surface area contributed by atoms with Crippen LogP contribution in [0.1, 0.15) is 32.8 Å². The van der Waals surface area contributed by atoms with Gasteiger partial charge >= 0.3 is 0 Å². The number of benzene rings is 2. The van der Waals surface area contributed by atoms with Crippen LogP contribution < -0.4 is 9.47 Å². The third-order valence-corrected chi connectivity index (χ3v) is 5.35. The van der Waals surface area contributed by atoms with E-state index in [0.717, 1.165) is 41.3 Å². The first-order valence-corrected chi connectivity index (χ1v) is 11.2. The number of aliphatic hydroxyl groups excluding tert-OH is 1. The highest BCUT2D eigenvalue weighted by Gasteiger charge is 2.23. The van der Waals surface area contributed by atoms with E-state index in [2.05, 4.69) is 30.9 Å². The van der Waals surface area contributed by atoms with Crippen LogP contribution in [0.5, 0.6) is 17.4 Å². The summed E-state index contributed by atoms with van der Waals surface area (Å²) in [5.74, 6) is 2.68. The number of nitrogens with zero attached hydrogens (tertiary/aromatic N) is 3. The van der Waals surface area contributed by atoms with Gasteiger partial charge in [-0.2, -0.15) is 5.10 Å². The molecule has 1 aromatic heterocycles. The molecule has 6 nitrogen and oxygen atoms in total. The monoisotopic (exact) mass is 437 g/mol. The van der Waals surface area contributed by atoms with Crippen molar-refractivity contribution >= 4 is 0 Å². The fourth-order valence-corrected chi connectivity index (χ4v) is 3.78. The van der Waals surface area contributed by atoms with Gasteiger partial charge in [-0.3, -0.25) is 4.90 Å². The van der Waals surface area contributed by atoms with Gasteiger partial charge in [0, 0.05) is 32.2 Å². The highest BCUT2D eigenvalue weighted by atomic mass is 16.5. The van der Waals surface area contributed by atoms with E-state index in [1.165, 1.54) is 0 Å². The van der Waals surface area contributed by atoms with E-state index in [-0.39, 0.29) is 6.10 Å². The minimum absolute atomic E-state index is 0.364. The lowest BCUT2D eigenvalue weighted by atomic mass is 10.1. The minimum Gasteiger partial charge on any atom is -0.497 e. The van der Waals surface area contributed by atoms with Crippen LogP contribution in [0.3, 0.4) is 0 Å². The van der Waals surface area contributed by atoms with Gasteiger partial charge in [-0.15, -0.1) is 0 Å². The molecule has 0 radical (unpaired) electrons. The first kappa shape index (κ1) is 23.8. The second kappa shape index (κ2) is 11.2. The Labute approximate surface area is 191 Å². The molecule has 0 amide bonds. The normalized spacial score (nSPS) is 12.4. The molecule has 1 atom stereocenters. The van der Waals surface area contributed by atoms with Crippen molar-refractivity contribution < 1.29 is 14.6 Å². The highest BCUT2D eigenvalue weighted by Crippen LogP contribution is 2.34. The summed E-state index contributed by atoms with van der Waals surface area (Å²) >= 11 is 0. The van der Waals surface area contributed by atoms with Crippen molar-refractivity contribution in [3.05, 3.63) is 60.2 Å². The minimum atomic E-state index is -0.364. The molecule has 0 saturated carbocycles. The maximum atomic E-state index is 10.4. The van der Waals surface area contributed by atoms with Crippen molar-refractivity contribution in [2.75, 3.05) is 20.2 Å². The molecule has 0 spiro atoms. The Hall–Kier alpha value is -2.83. The van der Waals surface area contributed by atoms with Crippen LogP contribution >= 0.6 is 0 Å². The van der Waals surface area contributed by atoms with Crippen LogP contribution in [0.15, 0.2) is 54.6 Å². The summed E-state index contributed by atoms with van der Waals surface area (Å²) in [6.07, 6.45) is 0.360. The molecule has 3 aromatic rings. The first-order chi connectivity index (χ1) is 15.4. The zero-order chi connectivity index (χ0) is 23.1. The first-order valence-electron chi connectivity index (χ1n) is 11.2. The van der Waals surface area contributed by atoms with Crippen molar-refractivity contribution in [1.29, 1.82) is 0 Å². The zero-order valence-electron chi connectivity index (χ0n) is 19.8. The van der Waals surface area contributed by atoms with E-state index in [4.69, 9.17) is 14.6 Å². The summed E-state index contributed by atoms with van der Waals surface area (Å²) in [7, 11) is 3.55. The molecule has 1 unspecified atom stereocenters. The molecule has 0 aliphatic heterocycles. The Kier molecular flexibility index (Phi) is 8.31. The Morgan fingerprint density at radius 1 is 1.00 bits per heavy atom. The summed E-state index contributed by atoms with van der Waals surface area (Å²) in [6.45, 7) is 8.53. The molecule has 0 fully saturated rings. The number of aryl methyl sites for hydroxylation is 1. The maximum Gasteiger partial charge on any atom is 0.222 e. The van der Waals surface area contributed by atoms with Crippen molar-refractivity contribution in [2.24, 2.45) is 13.0 Å². The molecule has 0 aliphatic carbocycles. The van der Waals surface area contributed by atoms with Crippen molar-refractivity contribution in [1.82, 2.24) is 14.7 Å². The molecule has 0 bridgehead atoms. The summed E-state index contributed by atoms with van der Waals surface area (Å²) in [5.41, 5.74) is 2.96. The molecule has 3 rings (SSSR count). The summed E-state index contributed by atoms with van der Waals surface area (Å²) < 4.78 is 13.4. The number of methoxy groups -OCH3 is 1. The van der Waals surface area contributed by atoms with E-state index < -0.39 is 0 Å². The molecule has 0 aliphatic rings. The van der Waals surface area contributed by atoms with Gasteiger partial charge < -0.3 is 14.6 Å². The number of hydrogen-bond donors (Lipinski definition) is 1. The lowest BCUT2D eigenvalue weighted by Gasteiger charge is -2.26. The second-order valence-electron chi connectivity index (χ2n) is 8.55. The summed E-state index contributed by atoms with van der Waals surface area (Å²) in [5, 5.41) is 15.2. The lowest BCUT2D eigenvalue weighted by Crippen LogP contribution is -2.34. The molecule has 2 aromatic carbocycles. The standard InChI is InChI=1S/C26H35N3O3/c1-6-21(30)17-29(16-19(2)3)18-24-25(20-10-8-7-9-11-20)27-28(4)26(24)32-23-14-12-22(31-5)13-15-23/h7-15,19,21,30H,6,16-18H2,1-5H3. The number of rotatable bonds is 11. The third-order valence-electron chi connectivity index (χ3n) is 5.35. The Morgan fingerprint density at radius 3 is 2.25 bits per heavy atom. The van der Waals surface area contributed by atoms with Gasteiger partial charge in [0.2, 0.25) is 5.88 Å². The van der Waals surface area contributed by atoms with E-state index >= 15 is 0 Å². The van der Waals surface area contributed by atoms with Gasteiger partial charge in [0.1, 0.15) is 17.2 Å². The van der Waals surface area contributed by atoms with Crippen LogP contribution in [0.4, 0.5) is 0 Å². The summed E-state index contributed by atoms with van der Waals surface area (Å²) in [6, 6.07) is 17.7. The van der Waals surface area contributed by atoms with E-state index in [9.17, 15) is 5.11 Å². The van der Waals surface area contributed by atoms with Crippen LogP contribution in [0.25, 0.3) is 11.3 Å². The van der Waals surface area contributed by atoms with Gasteiger partial charge in [-0.25, -0.2) is 4.68 Å². The van der Waals surface area contributed by atoms with Gasteiger partial charge in [0.05, 0.1) is 18.8 Å². The smallest absolute Gasteiger partial charge is 0.222 e. The molecule has 32 heavy (non-hydrogen) atoms. The molecule has 1 heterocycles. The maximum absolute atomic E-state index is 10.4. The Bertz CT molecular complexity index is 968. The van der Waals surface area contributed by atoms with Gasteiger partial charge in [-0.05, 0) is 36.6 Å². The van der Waals surface area contributed by atoms with Crippen LogP contribution in [-0.2, 0) is 13.6 Å². The number of aromatic nitrogens is 2. The molecule has 6 heteroatoms. The Balaban J connectivity index is 2.00. The average molecular weight is 438 g/mol. The van der Waals surface area contributed by atoms with Crippen LogP contribution in [-0.4, -0.2) is 46.1 Å².